The van der Waals surface area contributed by atoms with Gasteiger partial charge in [-0.25, -0.2) is 0 Å². The number of piperazine rings is 1. The van der Waals surface area contributed by atoms with Gasteiger partial charge in [-0.1, -0.05) is 23.7 Å². The number of carbonyl (C=O) groups excluding carboxylic acids is 1. The maximum Gasteiger partial charge on any atom is 0.242 e. The van der Waals surface area contributed by atoms with Gasteiger partial charge in [-0.3, -0.25) is 14.5 Å². The highest BCUT2D eigenvalue weighted by atomic mass is 127. The number of aromatic nitrogens is 2. The highest BCUT2D eigenvalue weighted by Gasteiger charge is 2.25. The van der Waals surface area contributed by atoms with Crippen LogP contribution in [0.25, 0.3) is 0 Å². The summed E-state index contributed by atoms with van der Waals surface area (Å²) in [7, 11) is 0. The van der Waals surface area contributed by atoms with Gasteiger partial charge in [0.2, 0.25) is 5.91 Å². The van der Waals surface area contributed by atoms with E-state index >= 15 is 0 Å². The smallest absolute Gasteiger partial charge is 0.242 e. The molecule has 1 aromatic heterocycles. The number of hydrogen-bond donors (Lipinski definition) is 1. The lowest BCUT2D eigenvalue weighted by Crippen LogP contribution is -2.55. The summed E-state index contributed by atoms with van der Waals surface area (Å²) in [6, 6.07) is 9.57. The standard InChI is InChI=1S/C20H27ClN6O.HI/c1-2-22-20(23-9-3-11-27-12-4-10-24-27)26-14-13-25(19(28)16-26)15-17-5-7-18(21)8-6-17;/h4-8,10,12H,2-3,9,11,13-16H2,1H3,(H,22,23);1H. The van der Waals surface area contributed by atoms with Gasteiger partial charge in [-0.2, -0.15) is 5.10 Å². The van der Waals surface area contributed by atoms with Crippen molar-refractivity contribution in [3.05, 3.63) is 53.3 Å². The zero-order valence-electron chi connectivity index (χ0n) is 16.6. The van der Waals surface area contributed by atoms with E-state index in [2.05, 4.69) is 10.4 Å². The number of nitrogens with one attached hydrogen (secondary N) is 1. The van der Waals surface area contributed by atoms with Crippen LogP contribution in [0.15, 0.2) is 47.7 Å². The van der Waals surface area contributed by atoms with Crippen LogP contribution < -0.4 is 5.32 Å². The van der Waals surface area contributed by atoms with Crippen molar-refractivity contribution < 1.29 is 4.79 Å². The number of nitrogens with zero attached hydrogens (tertiary/aromatic N) is 5. The molecule has 2 aromatic rings. The Labute approximate surface area is 194 Å². The van der Waals surface area contributed by atoms with Crippen LogP contribution in [0.4, 0.5) is 0 Å². The molecule has 1 aromatic carbocycles. The molecule has 0 aliphatic carbocycles. The van der Waals surface area contributed by atoms with Crippen LogP contribution in [0.5, 0.6) is 0 Å². The first-order valence-corrected chi connectivity index (χ1v) is 10.1. The second-order valence-electron chi connectivity index (χ2n) is 6.72. The fourth-order valence-corrected chi connectivity index (χ4v) is 3.27. The van der Waals surface area contributed by atoms with Crippen LogP contribution in [0.2, 0.25) is 5.02 Å². The second kappa shape index (κ2) is 12.0. The van der Waals surface area contributed by atoms with Gasteiger partial charge in [-0.05, 0) is 37.1 Å². The number of amides is 1. The molecule has 1 aliphatic rings. The Morgan fingerprint density at radius 1 is 1.28 bits per heavy atom. The molecule has 3 rings (SSSR count). The van der Waals surface area contributed by atoms with Crippen molar-refractivity contribution in [2.45, 2.75) is 26.4 Å². The number of hydrogen-bond acceptors (Lipinski definition) is 3. The van der Waals surface area contributed by atoms with Crippen LogP contribution in [0.1, 0.15) is 18.9 Å². The molecule has 0 unspecified atom stereocenters. The maximum absolute atomic E-state index is 12.6. The summed E-state index contributed by atoms with van der Waals surface area (Å²) in [6.45, 7) is 6.75. The number of halogens is 2. The summed E-state index contributed by atoms with van der Waals surface area (Å²) in [5.74, 6) is 0.922. The molecule has 2 heterocycles. The number of benzene rings is 1. The van der Waals surface area contributed by atoms with Gasteiger partial charge in [0.1, 0.15) is 0 Å². The predicted molar refractivity (Wildman–Crippen MR) is 127 cm³/mol. The van der Waals surface area contributed by atoms with E-state index in [9.17, 15) is 4.79 Å². The number of guanidine groups is 1. The Bertz CT molecular complexity index is 781. The molecule has 1 N–H and O–H groups in total. The third kappa shape index (κ3) is 7.18. The average Bonchev–Trinajstić information content (AvgIpc) is 3.21. The van der Waals surface area contributed by atoms with Crippen molar-refractivity contribution in [3.8, 4) is 0 Å². The Balaban J connectivity index is 0.00000300. The van der Waals surface area contributed by atoms with E-state index in [1.165, 1.54) is 0 Å². The average molecular weight is 531 g/mol. The Morgan fingerprint density at radius 3 is 2.72 bits per heavy atom. The molecule has 7 nitrogen and oxygen atoms in total. The van der Waals surface area contributed by atoms with E-state index in [0.29, 0.717) is 31.2 Å². The third-order valence-corrected chi connectivity index (χ3v) is 4.86. The van der Waals surface area contributed by atoms with Crippen LogP contribution in [-0.2, 0) is 17.9 Å². The minimum absolute atomic E-state index is 0. The van der Waals surface area contributed by atoms with Crippen molar-refractivity contribution >= 4 is 47.4 Å². The monoisotopic (exact) mass is 530 g/mol. The van der Waals surface area contributed by atoms with Gasteiger partial charge in [-0.15, -0.1) is 24.0 Å². The van der Waals surface area contributed by atoms with Crippen LogP contribution >= 0.6 is 35.6 Å². The number of aliphatic imine (C=N–C) groups is 1. The maximum atomic E-state index is 12.6. The zero-order valence-corrected chi connectivity index (χ0v) is 19.7. The molecule has 0 saturated carbocycles. The Hall–Kier alpha value is -1.81. The molecule has 158 valence electrons. The lowest BCUT2D eigenvalue weighted by molar-refractivity contribution is -0.135. The lowest BCUT2D eigenvalue weighted by Gasteiger charge is -2.36. The topological polar surface area (TPSA) is 65.8 Å². The highest BCUT2D eigenvalue weighted by Crippen LogP contribution is 2.13. The van der Waals surface area contributed by atoms with Crippen molar-refractivity contribution in [2.75, 3.05) is 32.7 Å². The summed E-state index contributed by atoms with van der Waals surface area (Å²) in [5.41, 5.74) is 1.09. The molecule has 29 heavy (non-hydrogen) atoms. The van der Waals surface area contributed by atoms with Gasteiger partial charge < -0.3 is 15.1 Å². The minimum atomic E-state index is 0. The molecule has 1 aliphatic heterocycles. The lowest BCUT2D eigenvalue weighted by atomic mass is 10.2. The van der Waals surface area contributed by atoms with Crippen molar-refractivity contribution in [2.24, 2.45) is 4.99 Å². The van der Waals surface area contributed by atoms with Gasteiger partial charge in [0.25, 0.3) is 0 Å². The van der Waals surface area contributed by atoms with Crippen molar-refractivity contribution in [1.82, 2.24) is 24.9 Å². The first-order valence-electron chi connectivity index (χ1n) is 9.68. The fraction of sp³-hybridized carbons (Fsp3) is 0.450. The molecular formula is C20H28ClIN6O. The fourth-order valence-electron chi connectivity index (χ4n) is 3.14. The van der Waals surface area contributed by atoms with Gasteiger partial charge in [0.15, 0.2) is 5.96 Å². The van der Waals surface area contributed by atoms with Crippen LogP contribution in [0.3, 0.4) is 0 Å². The van der Waals surface area contributed by atoms with E-state index in [1.54, 1.807) is 6.20 Å². The Kier molecular flexibility index (Phi) is 9.72. The summed E-state index contributed by atoms with van der Waals surface area (Å²) in [6.07, 6.45) is 4.64. The molecule has 9 heteroatoms. The SMILES string of the molecule is CCNC(=NCCCn1cccn1)N1CCN(Cc2ccc(Cl)cc2)C(=O)C1.I. The predicted octanol–water partition coefficient (Wildman–Crippen LogP) is 2.85. The quantitative estimate of drug-likeness (QED) is 0.259. The second-order valence-corrected chi connectivity index (χ2v) is 7.16. The number of rotatable bonds is 7. The molecule has 1 amide bonds. The first-order chi connectivity index (χ1) is 13.7. The number of carbonyl (C=O) groups is 1. The molecule has 1 saturated heterocycles. The van der Waals surface area contributed by atoms with Gasteiger partial charge in [0, 0.05) is 56.7 Å². The Morgan fingerprint density at radius 2 is 2.07 bits per heavy atom. The molecule has 1 fully saturated rings. The number of aryl methyl sites for hydroxylation is 1. The van der Waals surface area contributed by atoms with Crippen LogP contribution in [0, 0.1) is 0 Å². The third-order valence-electron chi connectivity index (χ3n) is 4.61. The van der Waals surface area contributed by atoms with Crippen molar-refractivity contribution in [3.63, 3.8) is 0 Å². The van der Waals surface area contributed by atoms with E-state index in [0.717, 1.165) is 37.6 Å². The van der Waals surface area contributed by atoms with E-state index in [4.69, 9.17) is 16.6 Å². The summed E-state index contributed by atoms with van der Waals surface area (Å²) >= 11 is 5.94. The molecule has 0 bridgehead atoms. The largest absolute Gasteiger partial charge is 0.357 e. The molecule has 0 spiro atoms. The highest BCUT2D eigenvalue weighted by molar-refractivity contribution is 14.0. The zero-order chi connectivity index (χ0) is 19.8. The minimum Gasteiger partial charge on any atom is -0.357 e. The van der Waals surface area contributed by atoms with E-state index in [-0.39, 0.29) is 29.9 Å². The van der Waals surface area contributed by atoms with E-state index < -0.39 is 0 Å². The summed E-state index contributed by atoms with van der Waals surface area (Å²) in [5, 5.41) is 8.21. The van der Waals surface area contributed by atoms with Crippen molar-refractivity contribution in [1.29, 1.82) is 0 Å². The van der Waals surface area contributed by atoms with Gasteiger partial charge in [0.05, 0.1) is 6.54 Å². The molecule has 0 atom stereocenters. The molecular weight excluding hydrogens is 503 g/mol. The summed E-state index contributed by atoms with van der Waals surface area (Å²) in [4.78, 5) is 21.3. The summed E-state index contributed by atoms with van der Waals surface area (Å²) < 4.78 is 1.90. The van der Waals surface area contributed by atoms with Crippen LogP contribution in [-0.4, -0.2) is 64.2 Å². The molecule has 0 radical (unpaired) electrons. The van der Waals surface area contributed by atoms with Gasteiger partial charge >= 0.3 is 0 Å². The van der Waals surface area contributed by atoms with E-state index in [1.807, 2.05) is 57.9 Å². The normalized spacial score (nSPS) is 14.7. The first kappa shape index (κ1) is 23.5.